The maximum atomic E-state index is 5.44. The van der Waals surface area contributed by atoms with Crippen LogP contribution < -0.4 is 0 Å². The second-order valence-corrected chi connectivity index (χ2v) is 3.78. The first kappa shape index (κ1) is 11.9. The van der Waals surface area contributed by atoms with Gasteiger partial charge >= 0.3 is 0 Å². The Bertz CT molecular complexity index is 79.8. The molecule has 0 aliphatic carbocycles. The average Bonchev–Trinajstić information content (AvgIpc) is 1.95. The highest BCUT2D eigenvalue weighted by Crippen LogP contribution is 1.98. The van der Waals surface area contributed by atoms with E-state index in [2.05, 4.69) is 32.8 Å². The molecule has 0 fully saturated rings. The highest BCUT2D eigenvalue weighted by molar-refractivity contribution is 4.46. The summed E-state index contributed by atoms with van der Waals surface area (Å²) in [5.74, 6) is 0. The quantitative estimate of drug-likeness (QED) is 0.547. The fourth-order valence-corrected chi connectivity index (χ4v) is 1.03. The summed E-state index contributed by atoms with van der Waals surface area (Å²) in [5.41, 5.74) is 0. The van der Waals surface area contributed by atoms with Crippen molar-refractivity contribution in [3.8, 4) is 0 Å². The van der Waals surface area contributed by atoms with Crippen molar-refractivity contribution in [3.63, 3.8) is 0 Å². The van der Waals surface area contributed by atoms with E-state index in [9.17, 15) is 0 Å². The Hall–Kier alpha value is -0.0800. The summed E-state index contributed by atoms with van der Waals surface area (Å²) in [6.07, 6.45) is 4.16. The number of nitrogens with zero attached hydrogens (tertiary/aromatic N) is 1. The first-order chi connectivity index (χ1) is 5.63. The van der Waals surface area contributed by atoms with Gasteiger partial charge in [-0.25, -0.2) is 0 Å². The maximum absolute atomic E-state index is 5.44. The Balaban J connectivity index is 2.91. The number of ether oxygens (including phenoxy) is 1. The molecule has 0 bridgehead atoms. The van der Waals surface area contributed by atoms with Gasteiger partial charge in [0, 0.05) is 6.61 Å². The predicted octanol–water partition coefficient (Wildman–Crippen LogP) is 2.14. The van der Waals surface area contributed by atoms with Gasteiger partial charge in [-0.05, 0) is 53.8 Å². The molecular weight excluding hydrogens is 150 g/mol. The van der Waals surface area contributed by atoms with Crippen molar-refractivity contribution < 1.29 is 4.74 Å². The number of hydrogen-bond acceptors (Lipinski definition) is 2. The summed E-state index contributed by atoms with van der Waals surface area (Å²) >= 11 is 0. The minimum atomic E-state index is 0.388. The molecular formula is C10H23NO. The molecule has 0 saturated carbocycles. The number of hydrogen-bond donors (Lipinski definition) is 0. The normalized spacial score (nSPS) is 11.5. The van der Waals surface area contributed by atoms with E-state index in [4.69, 9.17) is 4.74 Å². The van der Waals surface area contributed by atoms with Gasteiger partial charge in [0.15, 0.2) is 0 Å². The van der Waals surface area contributed by atoms with Gasteiger partial charge in [-0.3, -0.25) is 0 Å². The predicted molar refractivity (Wildman–Crippen MR) is 53.5 cm³/mol. The zero-order valence-corrected chi connectivity index (χ0v) is 8.97. The zero-order chi connectivity index (χ0) is 9.40. The Morgan fingerprint density at radius 1 is 1.08 bits per heavy atom. The van der Waals surface area contributed by atoms with Crippen molar-refractivity contribution in [3.05, 3.63) is 0 Å². The monoisotopic (exact) mass is 173 g/mol. The molecule has 0 amide bonds. The largest absolute Gasteiger partial charge is 0.379 e. The fourth-order valence-electron chi connectivity index (χ4n) is 1.03. The molecule has 0 spiro atoms. The van der Waals surface area contributed by atoms with Crippen LogP contribution in [0.2, 0.25) is 0 Å². The van der Waals surface area contributed by atoms with E-state index >= 15 is 0 Å². The van der Waals surface area contributed by atoms with Crippen LogP contribution in [-0.2, 0) is 4.74 Å². The van der Waals surface area contributed by atoms with Gasteiger partial charge in [-0.15, -0.1) is 0 Å². The van der Waals surface area contributed by atoms with Crippen LogP contribution in [0.4, 0.5) is 0 Å². The molecule has 0 atom stereocenters. The third-order valence-electron chi connectivity index (χ3n) is 1.70. The van der Waals surface area contributed by atoms with Crippen LogP contribution in [0.15, 0.2) is 0 Å². The van der Waals surface area contributed by atoms with Crippen molar-refractivity contribution in [1.29, 1.82) is 0 Å². The van der Waals surface area contributed by atoms with E-state index in [0.717, 1.165) is 6.61 Å². The lowest BCUT2D eigenvalue weighted by molar-refractivity contribution is 0.0755. The first-order valence-corrected chi connectivity index (χ1v) is 4.89. The Kier molecular flexibility index (Phi) is 7.51. The lowest BCUT2D eigenvalue weighted by Gasteiger charge is -2.09. The van der Waals surface area contributed by atoms with Gasteiger partial charge in [-0.1, -0.05) is 0 Å². The lowest BCUT2D eigenvalue weighted by Crippen LogP contribution is -2.13. The third kappa shape index (κ3) is 9.92. The molecule has 0 saturated heterocycles. The van der Waals surface area contributed by atoms with Crippen LogP contribution in [0.3, 0.4) is 0 Å². The fraction of sp³-hybridized carbons (Fsp3) is 1.00. The molecule has 2 nitrogen and oxygen atoms in total. The molecule has 74 valence electrons. The van der Waals surface area contributed by atoms with Crippen LogP contribution >= 0.6 is 0 Å². The molecule has 0 aromatic carbocycles. The average molecular weight is 173 g/mol. The number of rotatable bonds is 7. The summed E-state index contributed by atoms with van der Waals surface area (Å²) < 4.78 is 5.44. The van der Waals surface area contributed by atoms with Gasteiger partial charge in [0.25, 0.3) is 0 Å². The van der Waals surface area contributed by atoms with Crippen LogP contribution in [0.25, 0.3) is 0 Å². The maximum Gasteiger partial charge on any atom is 0.0518 e. The topological polar surface area (TPSA) is 12.5 Å². The number of unbranched alkanes of at least 4 members (excludes halogenated alkanes) is 2. The second kappa shape index (κ2) is 7.56. The third-order valence-corrected chi connectivity index (χ3v) is 1.70. The van der Waals surface area contributed by atoms with Gasteiger partial charge in [0.1, 0.15) is 0 Å². The standard InChI is InChI=1S/C10H23NO/c1-10(2)12-9-7-5-6-8-11(3)4/h10H,5-9H2,1-4H3. The van der Waals surface area contributed by atoms with Gasteiger partial charge in [-0.2, -0.15) is 0 Å². The van der Waals surface area contributed by atoms with Crippen molar-refractivity contribution in [1.82, 2.24) is 4.90 Å². The molecule has 0 aliphatic rings. The summed E-state index contributed by atoms with van der Waals surface area (Å²) in [6.45, 7) is 6.28. The molecule has 0 unspecified atom stereocenters. The van der Waals surface area contributed by atoms with E-state index in [1.54, 1.807) is 0 Å². The SMILES string of the molecule is CC(C)OCCCCCN(C)C. The molecule has 0 aromatic heterocycles. The lowest BCUT2D eigenvalue weighted by atomic mass is 10.2. The van der Waals surface area contributed by atoms with Crippen molar-refractivity contribution in [2.24, 2.45) is 0 Å². The van der Waals surface area contributed by atoms with E-state index < -0.39 is 0 Å². The minimum absolute atomic E-state index is 0.388. The molecule has 0 aliphatic heterocycles. The minimum Gasteiger partial charge on any atom is -0.379 e. The van der Waals surface area contributed by atoms with Crippen molar-refractivity contribution >= 4 is 0 Å². The molecule has 2 heteroatoms. The summed E-state index contributed by atoms with van der Waals surface area (Å²) in [4.78, 5) is 2.23. The van der Waals surface area contributed by atoms with Crippen molar-refractivity contribution in [2.45, 2.75) is 39.2 Å². The van der Waals surface area contributed by atoms with E-state index in [-0.39, 0.29) is 0 Å². The van der Waals surface area contributed by atoms with Crippen LogP contribution in [-0.4, -0.2) is 38.3 Å². The van der Waals surface area contributed by atoms with Gasteiger partial charge < -0.3 is 9.64 Å². The molecule has 0 aromatic rings. The molecule has 0 heterocycles. The van der Waals surface area contributed by atoms with Crippen molar-refractivity contribution in [2.75, 3.05) is 27.2 Å². The van der Waals surface area contributed by atoms with E-state index in [0.29, 0.717) is 6.10 Å². The second-order valence-electron chi connectivity index (χ2n) is 3.78. The highest BCUT2D eigenvalue weighted by atomic mass is 16.5. The van der Waals surface area contributed by atoms with Gasteiger partial charge in [0.2, 0.25) is 0 Å². The van der Waals surface area contributed by atoms with E-state index in [1.807, 2.05) is 0 Å². The molecule has 0 rings (SSSR count). The Morgan fingerprint density at radius 3 is 2.25 bits per heavy atom. The first-order valence-electron chi connectivity index (χ1n) is 4.89. The van der Waals surface area contributed by atoms with E-state index in [1.165, 1.54) is 25.8 Å². The van der Waals surface area contributed by atoms with Crippen LogP contribution in [0, 0.1) is 0 Å². The van der Waals surface area contributed by atoms with Crippen LogP contribution in [0.1, 0.15) is 33.1 Å². The van der Waals surface area contributed by atoms with Crippen LogP contribution in [0.5, 0.6) is 0 Å². The smallest absolute Gasteiger partial charge is 0.0518 e. The highest BCUT2D eigenvalue weighted by Gasteiger charge is 1.94. The molecule has 0 radical (unpaired) electrons. The summed E-state index contributed by atoms with van der Waals surface area (Å²) in [7, 11) is 4.23. The summed E-state index contributed by atoms with van der Waals surface area (Å²) in [6, 6.07) is 0. The summed E-state index contributed by atoms with van der Waals surface area (Å²) in [5, 5.41) is 0. The zero-order valence-electron chi connectivity index (χ0n) is 8.97. The Morgan fingerprint density at radius 2 is 1.75 bits per heavy atom. The molecule has 12 heavy (non-hydrogen) atoms. The Labute approximate surface area is 76.9 Å². The van der Waals surface area contributed by atoms with Gasteiger partial charge in [0.05, 0.1) is 6.10 Å². The molecule has 0 N–H and O–H groups in total.